The predicted molar refractivity (Wildman–Crippen MR) is 46.0 cm³/mol. The molecule has 0 radical (unpaired) electrons. The Labute approximate surface area is 61.6 Å². The van der Waals surface area contributed by atoms with E-state index in [1.807, 2.05) is 26.0 Å². The molecular formula is C7H11NS. The molecule has 9 heavy (non-hydrogen) atoms. The molecular weight excluding hydrogens is 130 g/mol. The number of thiol groups is 1. The quantitative estimate of drug-likeness (QED) is 0.344. The minimum absolute atomic E-state index is 0.878. The Bertz CT molecular complexity index is 131. The van der Waals surface area contributed by atoms with Crippen LogP contribution in [0.5, 0.6) is 0 Å². The van der Waals surface area contributed by atoms with Crippen molar-refractivity contribution in [3.05, 3.63) is 23.3 Å². The van der Waals surface area contributed by atoms with Gasteiger partial charge >= 0.3 is 0 Å². The van der Waals surface area contributed by atoms with Crippen LogP contribution in [0.4, 0.5) is 0 Å². The molecule has 0 spiro atoms. The zero-order valence-electron chi connectivity index (χ0n) is 5.70. The standard InChI is InChI=1S/C7H11NS/c1-3-5-7(6-9)8-4-2/h3-6,9H,1-2H3/b5-3-,7-6-,8-4?. The van der Waals surface area contributed by atoms with Crippen LogP contribution in [-0.4, -0.2) is 6.21 Å². The Morgan fingerprint density at radius 2 is 2.11 bits per heavy atom. The molecule has 0 rings (SSSR count). The van der Waals surface area contributed by atoms with E-state index in [0.717, 1.165) is 5.70 Å². The Morgan fingerprint density at radius 3 is 2.44 bits per heavy atom. The van der Waals surface area contributed by atoms with E-state index in [4.69, 9.17) is 0 Å². The predicted octanol–water partition coefficient (Wildman–Crippen LogP) is 2.42. The first-order chi connectivity index (χ1) is 4.35. The molecule has 0 heterocycles. The van der Waals surface area contributed by atoms with Gasteiger partial charge in [0.05, 0.1) is 5.70 Å². The summed E-state index contributed by atoms with van der Waals surface area (Å²) in [6, 6.07) is 0. The maximum absolute atomic E-state index is 4.01. The van der Waals surface area contributed by atoms with Crippen LogP contribution < -0.4 is 0 Å². The highest BCUT2D eigenvalue weighted by molar-refractivity contribution is 7.83. The van der Waals surface area contributed by atoms with Crippen molar-refractivity contribution >= 4 is 18.8 Å². The number of aliphatic imine (C=N–C) groups is 1. The third-order valence-electron chi connectivity index (χ3n) is 0.748. The molecule has 0 aromatic rings. The molecule has 0 fully saturated rings. The fourth-order valence-electron chi connectivity index (χ4n) is 0.439. The molecule has 0 aromatic carbocycles. The molecule has 0 aromatic heterocycles. The number of allylic oxidation sites excluding steroid dienone is 2. The molecule has 0 aliphatic heterocycles. The van der Waals surface area contributed by atoms with Crippen LogP contribution in [0.3, 0.4) is 0 Å². The van der Waals surface area contributed by atoms with E-state index in [-0.39, 0.29) is 0 Å². The van der Waals surface area contributed by atoms with Crippen LogP contribution in [0.1, 0.15) is 13.8 Å². The van der Waals surface area contributed by atoms with Gasteiger partial charge in [0.25, 0.3) is 0 Å². The summed E-state index contributed by atoms with van der Waals surface area (Å²) < 4.78 is 0. The summed E-state index contributed by atoms with van der Waals surface area (Å²) in [6.07, 6.45) is 5.56. The number of rotatable bonds is 2. The third kappa shape index (κ3) is 4.03. The molecule has 0 atom stereocenters. The molecule has 50 valence electrons. The maximum Gasteiger partial charge on any atom is 0.0682 e. The monoisotopic (exact) mass is 141 g/mol. The summed E-state index contributed by atoms with van der Waals surface area (Å²) in [5.74, 6) is 0. The van der Waals surface area contributed by atoms with E-state index in [1.165, 1.54) is 0 Å². The van der Waals surface area contributed by atoms with Crippen molar-refractivity contribution in [3.8, 4) is 0 Å². The first-order valence-corrected chi connectivity index (χ1v) is 3.32. The summed E-state index contributed by atoms with van der Waals surface area (Å²) in [6.45, 7) is 3.82. The fraction of sp³-hybridized carbons (Fsp3) is 0.286. The highest BCUT2D eigenvalue weighted by Crippen LogP contribution is 1.98. The van der Waals surface area contributed by atoms with Gasteiger partial charge in [0.1, 0.15) is 0 Å². The highest BCUT2D eigenvalue weighted by Gasteiger charge is 1.78. The fourth-order valence-corrected chi connectivity index (χ4v) is 0.592. The van der Waals surface area contributed by atoms with E-state index in [2.05, 4.69) is 17.6 Å². The average Bonchev–Trinajstić information content (AvgIpc) is 1.88. The van der Waals surface area contributed by atoms with Crippen molar-refractivity contribution in [2.75, 3.05) is 0 Å². The van der Waals surface area contributed by atoms with Crippen LogP contribution >= 0.6 is 12.6 Å². The van der Waals surface area contributed by atoms with Crippen LogP contribution in [0.25, 0.3) is 0 Å². The zero-order chi connectivity index (χ0) is 7.11. The second kappa shape index (κ2) is 5.63. The van der Waals surface area contributed by atoms with Gasteiger partial charge in [0, 0.05) is 6.21 Å². The molecule has 0 aliphatic carbocycles. The zero-order valence-corrected chi connectivity index (χ0v) is 6.60. The molecule has 1 nitrogen and oxygen atoms in total. The van der Waals surface area contributed by atoms with E-state index in [0.29, 0.717) is 0 Å². The Kier molecular flexibility index (Phi) is 5.32. The minimum Gasteiger partial charge on any atom is -0.261 e. The topological polar surface area (TPSA) is 12.4 Å². The van der Waals surface area contributed by atoms with Gasteiger partial charge in [-0.3, -0.25) is 4.99 Å². The van der Waals surface area contributed by atoms with E-state index < -0.39 is 0 Å². The van der Waals surface area contributed by atoms with Crippen LogP contribution in [0.2, 0.25) is 0 Å². The molecule has 0 bridgehead atoms. The second-order valence-corrected chi connectivity index (χ2v) is 1.70. The van der Waals surface area contributed by atoms with Crippen LogP contribution in [-0.2, 0) is 0 Å². The van der Waals surface area contributed by atoms with Crippen molar-refractivity contribution in [2.45, 2.75) is 13.8 Å². The molecule has 0 saturated heterocycles. The van der Waals surface area contributed by atoms with E-state index in [9.17, 15) is 0 Å². The van der Waals surface area contributed by atoms with Crippen LogP contribution in [0, 0.1) is 0 Å². The summed E-state index contributed by atoms with van der Waals surface area (Å²) in [5, 5.41) is 1.67. The second-order valence-electron chi connectivity index (χ2n) is 1.44. The van der Waals surface area contributed by atoms with Gasteiger partial charge < -0.3 is 0 Å². The normalized spacial score (nSPS) is 13.9. The Hall–Kier alpha value is -0.500. The summed E-state index contributed by atoms with van der Waals surface area (Å²) in [4.78, 5) is 4.01. The summed E-state index contributed by atoms with van der Waals surface area (Å²) in [7, 11) is 0. The summed E-state index contributed by atoms with van der Waals surface area (Å²) in [5.41, 5.74) is 0.878. The van der Waals surface area contributed by atoms with Crippen molar-refractivity contribution in [1.29, 1.82) is 0 Å². The van der Waals surface area contributed by atoms with E-state index >= 15 is 0 Å². The molecule has 0 amide bonds. The molecule has 0 unspecified atom stereocenters. The van der Waals surface area contributed by atoms with Crippen molar-refractivity contribution in [3.63, 3.8) is 0 Å². The van der Waals surface area contributed by atoms with Crippen molar-refractivity contribution in [2.24, 2.45) is 4.99 Å². The minimum atomic E-state index is 0.878. The number of hydrogen-bond acceptors (Lipinski definition) is 2. The lowest BCUT2D eigenvalue weighted by Gasteiger charge is -1.86. The number of nitrogens with zero attached hydrogens (tertiary/aromatic N) is 1. The molecule has 2 heteroatoms. The van der Waals surface area contributed by atoms with Crippen molar-refractivity contribution in [1.82, 2.24) is 0 Å². The molecule has 0 aliphatic rings. The molecule has 0 N–H and O–H groups in total. The van der Waals surface area contributed by atoms with Gasteiger partial charge in [0.15, 0.2) is 0 Å². The van der Waals surface area contributed by atoms with Crippen molar-refractivity contribution < 1.29 is 0 Å². The number of hydrogen-bond donors (Lipinski definition) is 1. The smallest absolute Gasteiger partial charge is 0.0682 e. The Balaban J connectivity index is 4.01. The largest absolute Gasteiger partial charge is 0.261 e. The first kappa shape index (κ1) is 8.50. The maximum atomic E-state index is 4.01. The van der Waals surface area contributed by atoms with Gasteiger partial charge in [-0.05, 0) is 25.3 Å². The van der Waals surface area contributed by atoms with Gasteiger partial charge in [-0.2, -0.15) is 0 Å². The van der Waals surface area contributed by atoms with Gasteiger partial charge in [0.2, 0.25) is 0 Å². The van der Waals surface area contributed by atoms with Gasteiger partial charge in [-0.15, -0.1) is 12.6 Å². The first-order valence-electron chi connectivity index (χ1n) is 2.81. The SMILES string of the molecule is CC=NC(/C=C\C)=C\S. The summed E-state index contributed by atoms with van der Waals surface area (Å²) >= 11 is 3.96. The lowest BCUT2D eigenvalue weighted by Crippen LogP contribution is -1.68. The van der Waals surface area contributed by atoms with Gasteiger partial charge in [-0.1, -0.05) is 6.08 Å². The average molecular weight is 141 g/mol. The lowest BCUT2D eigenvalue weighted by atomic mass is 10.4. The van der Waals surface area contributed by atoms with Crippen LogP contribution in [0.15, 0.2) is 28.2 Å². The highest BCUT2D eigenvalue weighted by atomic mass is 32.1. The third-order valence-corrected chi connectivity index (χ3v) is 1.01. The van der Waals surface area contributed by atoms with Gasteiger partial charge in [-0.25, -0.2) is 0 Å². The lowest BCUT2D eigenvalue weighted by molar-refractivity contribution is 1.43. The van der Waals surface area contributed by atoms with E-state index in [1.54, 1.807) is 11.6 Å². The molecule has 0 saturated carbocycles. The Morgan fingerprint density at radius 1 is 1.44 bits per heavy atom.